The van der Waals surface area contributed by atoms with Gasteiger partial charge >= 0.3 is 5.97 Å². The van der Waals surface area contributed by atoms with Gasteiger partial charge in [0, 0.05) is 5.39 Å². The second-order valence-corrected chi connectivity index (χ2v) is 4.45. The number of fused-ring (bicyclic) bond motifs is 1. The summed E-state index contributed by atoms with van der Waals surface area (Å²) in [5.41, 5.74) is 0.0535. The summed E-state index contributed by atoms with van der Waals surface area (Å²) >= 11 is 0. The lowest BCUT2D eigenvalue weighted by atomic mass is 10.1. The van der Waals surface area contributed by atoms with Crippen molar-refractivity contribution in [2.75, 3.05) is 0 Å². The number of benzene rings is 3. The lowest BCUT2D eigenvalue weighted by molar-refractivity contribution is -0.0990. The summed E-state index contributed by atoms with van der Waals surface area (Å²) in [4.78, 5) is 21.7. The second kappa shape index (κ2) is 5.54. The first kappa shape index (κ1) is 13.0. The largest absolute Gasteiger partial charge is 0.478 e. The van der Waals surface area contributed by atoms with Crippen molar-refractivity contribution >= 4 is 16.7 Å². The van der Waals surface area contributed by atoms with E-state index in [-0.39, 0.29) is 11.3 Å². The van der Waals surface area contributed by atoms with Crippen LogP contribution < -0.4 is 9.78 Å². The van der Waals surface area contributed by atoms with E-state index in [1.807, 2.05) is 36.4 Å². The number of carbonyl (C=O) groups is 1. The maximum Gasteiger partial charge on any atom is 0.339 e. The summed E-state index contributed by atoms with van der Waals surface area (Å²) in [5, 5.41) is 11.0. The molecule has 0 heterocycles. The SMILES string of the molecule is O=C(O)c1ccccc1OOc1cccc2ccccc12. The first-order valence-electron chi connectivity index (χ1n) is 6.40. The van der Waals surface area contributed by atoms with Crippen molar-refractivity contribution in [1.82, 2.24) is 0 Å². The molecule has 104 valence electrons. The Bertz CT molecular complexity index is 790. The molecule has 21 heavy (non-hydrogen) atoms. The summed E-state index contributed by atoms with van der Waals surface area (Å²) in [6, 6.07) is 19.6. The van der Waals surface area contributed by atoms with Crippen molar-refractivity contribution in [3.8, 4) is 11.5 Å². The highest BCUT2D eigenvalue weighted by molar-refractivity contribution is 5.91. The van der Waals surface area contributed by atoms with Gasteiger partial charge in [-0.3, -0.25) is 9.78 Å². The molecule has 0 spiro atoms. The zero-order valence-electron chi connectivity index (χ0n) is 11.0. The van der Waals surface area contributed by atoms with Crippen molar-refractivity contribution in [3.63, 3.8) is 0 Å². The first-order valence-corrected chi connectivity index (χ1v) is 6.40. The van der Waals surface area contributed by atoms with Gasteiger partial charge in [0.1, 0.15) is 5.56 Å². The van der Waals surface area contributed by atoms with E-state index in [0.717, 1.165) is 10.8 Å². The van der Waals surface area contributed by atoms with E-state index >= 15 is 0 Å². The zero-order chi connectivity index (χ0) is 14.7. The van der Waals surface area contributed by atoms with Gasteiger partial charge in [-0.05, 0) is 23.6 Å². The van der Waals surface area contributed by atoms with Crippen LogP contribution in [0.1, 0.15) is 10.4 Å². The van der Waals surface area contributed by atoms with E-state index in [4.69, 9.17) is 14.9 Å². The van der Waals surface area contributed by atoms with Gasteiger partial charge in [-0.15, -0.1) is 0 Å². The molecule has 0 fully saturated rings. The van der Waals surface area contributed by atoms with E-state index in [0.29, 0.717) is 5.75 Å². The zero-order valence-corrected chi connectivity index (χ0v) is 11.0. The van der Waals surface area contributed by atoms with Crippen molar-refractivity contribution < 1.29 is 19.7 Å². The number of rotatable bonds is 4. The molecular formula is C17H12O4. The van der Waals surface area contributed by atoms with Gasteiger partial charge in [-0.1, -0.05) is 48.5 Å². The third kappa shape index (κ3) is 2.65. The van der Waals surface area contributed by atoms with E-state index < -0.39 is 5.97 Å². The maximum absolute atomic E-state index is 11.1. The Morgan fingerprint density at radius 2 is 1.38 bits per heavy atom. The van der Waals surface area contributed by atoms with E-state index in [2.05, 4.69) is 0 Å². The fourth-order valence-electron chi connectivity index (χ4n) is 2.07. The van der Waals surface area contributed by atoms with Crippen LogP contribution in [0.2, 0.25) is 0 Å². The molecule has 0 aliphatic carbocycles. The predicted octanol–water partition coefficient (Wildman–Crippen LogP) is 3.91. The van der Waals surface area contributed by atoms with Crippen LogP contribution in [-0.2, 0) is 0 Å². The van der Waals surface area contributed by atoms with E-state index in [9.17, 15) is 4.79 Å². The minimum atomic E-state index is -1.06. The quantitative estimate of drug-likeness (QED) is 0.581. The number of hydrogen-bond donors (Lipinski definition) is 1. The lowest BCUT2D eigenvalue weighted by Crippen LogP contribution is -2.06. The molecule has 4 nitrogen and oxygen atoms in total. The topological polar surface area (TPSA) is 55.8 Å². The Kier molecular flexibility index (Phi) is 3.43. The first-order chi connectivity index (χ1) is 10.3. The maximum atomic E-state index is 11.1. The second-order valence-electron chi connectivity index (χ2n) is 4.45. The Hall–Kier alpha value is -3.01. The van der Waals surface area contributed by atoms with Crippen molar-refractivity contribution in [1.29, 1.82) is 0 Å². The molecule has 0 aliphatic heterocycles. The van der Waals surface area contributed by atoms with Crippen LogP contribution in [0.15, 0.2) is 66.7 Å². The van der Waals surface area contributed by atoms with Gasteiger partial charge in [-0.2, -0.15) is 0 Å². The minimum Gasteiger partial charge on any atom is -0.478 e. The van der Waals surface area contributed by atoms with Crippen LogP contribution in [0.3, 0.4) is 0 Å². The third-order valence-corrected chi connectivity index (χ3v) is 3.09. The number of carboxylic acid groups (broad SMARTS) is 1. The molecule has 0 aromatic heterocycles. The average molecular weight is 280 g/mol. The lowest BCUT2D eigenvalue weighted by Gasteiger charge is -2.09. The number of hydrogen-bond acceptors (Lipinski definition) is 3. The van der Waals surface area contributed by atoms with Crippen molar-refractivity contribution in [2.24, 2.45) is 0 Å². The fraction of sp³-hybridized carbons (Fsp3) is 0. The molecule has 3 aromatic rings. The standard InChI is InChI=1S/C17H12O4/c18-17(19)14-9-3-4-10-16(14)21-20-15-11-5-7-12-6-1-2-8-13(12)15/h1-11H,(H,18,19). The molecule has 1 N–H and O–H groups in total. The molecule has 0 unspecified atom stereocenters. The molecule has 0 amide bonds. The highest BCUT2D eigenvalue weighted by Crippen LogP contribution is 2.26. The fourth-order valence-corrected chi connectivity index (χ4v) is 2.07. The van der Waals surface area contributed by atoms with Crippen LogP contribution in [0.4, 0.5) is 0 Å². The molecule has 0 bridgehead atoms. The van der Waals surface area contributed by atoms with Gasteiger partial charge in [0.05, 0.1) is 0 Å². The summed E-state index contributed by atoms with van der Waals surface area (Å²) < 4.78 is 0. The van der Waals surface area contributed by atoms with Gasteiger partial charge in [0.15, 0.2) is 11.5 Å². The van der Waals surface area contributed by atoms with Crippen LogP contribution in [0, 0.1) is 0 Å². The van der Waals surface area contributed by atoms with Crippen LogP contribution in [0.5, 0.6) is 11.5 Å². The van der Waals surface area contributed by atoms with Crippen LogP contribution in [0.25, 0.3) is 10.8 Å². The molecular weight excluding hydrogens is 268 g/mol. The van der Waals surface area contributed by atoms with E-state index in [1.165, 1.54) is 6.07 Å². The summed E-state index contributed by atoms with van der Waals surface area (Å²) in [5.74, 6) is -0.363. The highest BCUT2D eigenvalue weighted by Gasteiger charge is 2.12. The third-order valence-electron chi connectivity index (χ3n) is 3.09. The Balaban J connectivity index is 1.89. The monoisotopic (exact) mass is 280 g/mol. The highest BCUT2D eigenvalue weighted by atomic mass is 17.2. The Morgan fingerprint density at radius 3 is 2.24 bits per heavy atom. The molecule has 0 aliphatic rings. The summed E-state index contributed by atoms with van der Waals surface area (Å²) in [6.07, 6.45) is 0. The number of carboxylic acids is 1. The minimum absolute atomic E-state index is 0.0535. The van der Waals surface area contributed by atoms with Gasteiger partial charge in [-0.25, -0.2) is 4.79 Å². The molecule has 3 rings (SSSR count). The van der Waals surface area contributed by atoms with Gasteiger partial charge < -0.3 is 5.11 Å². The molecule has 3 aromatic carbocycles. The molecule has 0 saturated heterocycles. The smallest absolute Gasteiger partial charge is 0.339 e. The van der Waals surface area contributed by atoms with Gasteiger partial charge in [0.25, 0.3) is 0 Å². The summed E-state index contributed by atoms with van der Waals surface area (Å²) in [7, 11) is 0. The normalized spacial score (nSPS) is 10.3. The number of para-hydroxylation sites is 1. The van der Waals surface area contributed by atoms with Crippen LogP contribution >= 0.6 is 0 Å². The Labute approximate surface area is 121 Å². The molecule has 0 saturated carbocycles. The number of aromatic carboxylic acids is 1. The van der Waals surface area contributed by atoms with Crippen molar-refractivity contribution in [2.45, 2.75) is 0 Å². The van der Waals surface area contributed by atoms with Crippen molar-refractivity contribution in [3.05, 3.63) is 72.3 Å². The molecule has 0 radical (unpaired) electrons. The summed E-state index contributed by atoms with van der Waals surface area (Å²) in [6.45, 7) is 0. The van der Waals surface area contributed by atoms with E-state index in [1.54, 1.807) is 24.3 Å². The van der Waals surface area contributed by atoms with Gasteiger partial charge in [0.2, 0.25) is 0 Å². The Morgan fingerprint density at radius 1 is 0.762 bits per heavy atom. The van der Waals surface area contributed by atoms with Crippen LogP contribution in [-0.4, -0.2) is 11.1 Å². The molecule has 0 atom stereocenters. The predicted molar refractivity (Wildman–Crippen MR) is 78.6 cm³/mol. The molecule has 4 heteroatoms. The average Bonchev–Trinajstić information content (AvgIpc) is 2.53.